The molecule has 2 heterocycles. The number of rotatable bonds is 9. The standard InChI is InChI=1S/C34H29ClN4O5/c1-21-26(33(40)38(34(41)27(21)19-36)15-14-22-10-12-30(43-3)31(16-22)44-4)17-24-20-39(25-8-6-5-7-9-25)37-32(24)23-11-13-29(42-2)28(35)18-23/h5-13,16-18,20H,14-15H2,1-4H3/b26-17+. The van der Waals surface area contributed by atoms with Crippen LogP contribution in [0, 0.1) is 11.3 Å². The maximum atomic E-state index is 13.9. The Morgan fingerprint density at radius 1 is 0.909 bits per heavy atom. The van der Waals surface area contributed by atoms with Gasteiger partial charge in [-0.15, -0.1) is 0 Å². The molecule has 10 heteroatoms. The molecule has 2 amide bonds. The number of amides is 2. The predicted molar refractivity (Wildman–Crippen MR) is 167 cm³/mol. The number of halogens is 1. The second kappa shape index (κ2) is 12.9. The van der Waals surface area contributed by atoms with Gasteiger partial charge >= 0.3 is 0 Å². The lowest BCUT2D eigenvalue weighted by Crippen LogP contribution is -2.43. The Bertz CT molecular complexity index is 1850. The second-order valence-corrected chi connectivity index (χ2v) is 10.3. The molecule has 4 aromatic rings. The Morgan fingerprint density at radius 2 is 1.61 bits per heavy atom. The van der Waals surface area contributed by atoms with Gasteiger partial charge in [0.2, 0.25) is 0 Å². The summed E-state index contributed by atoms with van der Waals surface area (Å²) in [7, 11) is 4.62. The number of hydrogen-bond donors (Lipinski definition) is 0. The molecule has 0 spiro atoms. The van der Waals surface area contributed by atoms with Crippen LogP contribution in [-0.4, -0.2) is 54.4 Å². The Labute approximate surface area is 260 Å². The molecule has 222 valence electrons. The molecule has 9 nitrogen and oxygen atoms in total. The Kier molecular flexibility index (Phi) is 8.83. The molecule has 1 aliphatic heterocycles. The zero-order chi connectivity index (χ0) is 31.4. The van der Waals surface area contributed by atoms with E-state index in [-0.39, 0.29) is 17.7 Å². The fraction of sp³-hybridized carbons (Fsp3) is 0.176. The van der Waals surface area contributed by atoms with Gasteiger partial charge in [0.15, 0.2) is 11.5 Å². The first-order valence-electron chi connectivity index (χ1n) is 13.7. The van der Waals surface area contributed by atoms with Gasteiger partial charge in [-0.25, -0.2) is 4.68 Å². The number of ether oxygens (including phenoxy) is 3. The van der Waals surface area contributed by atoms with Gasteiger partial charge in [0.25, 0.3) is 11.8 Å². The molecule has 1 aromatic heterocycles. The third kappa shape index (κ3) is 5.80. The number of carbonyl (C=O) groups excluding carboxylic acids is 2. The van der Waals surface area contributed by atoms with E-state index >= 15 is 0 Å². The van der Waals surface area contributed by atoms with Crippen LogP contribution >= 0.6 is 11.6 Å². The molecule has 0 atom stereocenters. The van der Waals surface area contributed by atoms with Crippen molar-refractivity contribution in [3.8, 4) is 40.3 Å². The van der Waals surface area contributed by atoms with Crippen molar-refractivity contribution in [1.29, 1.82) is 5.26 Å². The zero-order valence-electron chi connectivity index (χ0n) is 24.6. The molecule has 0 saturated carbocycles. The van der Waals surface area contributed by atoms with E-state index in [0.29, 0.717) is 51.1 Å². The molecule has 3 aromatic carbocycles. The fourth-order valence-electron chi connectivity index (χ4n) is 5.01. The summed E-state index contributed by atoms with van der Waals surface area (Å²) in [4.78, 5) is 28.3. The fourth-order valence-corrected chi connectivity index (χ4v) is 5.27. The summed E-state index contributed by atoms with van der Waals surface area (Å²) >= 11 is 6.46. The van der Waals surface area contributed by atoms with Gasteiger partial charge in [0.05, 0.1) is 32.0 Å². The van der Waals surface area contributed by atoms with Gasteiger partial charge in [0.1, 0.15) is 23.1 Å². The largest absolute Gasteiger partial charge is 0.495 e. The smallest absolute Gasteiger partial charge is 0.271 e. The SMILES string of the molecule is COc1ccc(-c2nn(-c3ccccc3)cc2/C=C2/C(=O)N(CCc3ccc(OC)c(OC)c3)C(=O)C(C#N)=C2C)cc1Cl. The number of carbonyl (C=O) groups is 2. The number of methoxy groups -OCH3 is 3. The molecule has 0 fully saturated rings. The first kappa shape index (κ1) is 30.1. The number of benzene rings is 3. The summed E-state index contributed by atoms with van der Waals surface area (Å²) in [6.45, 7) is 1.67. The maximum absolute atomic E-state index is 13.9. The number of nitrogens with zero attached hydrogens (tertiary/aromatic N) is 4. The summed E-state index contributed by atoms with van der Waals surface area (Å²) in [6.07, 6.45) is 3.82. The highest BCUT2D eigenvalue weighted by Crippen LogP contribution is 2.35. The van der Waals surface area contributed by atoms with E-state index in [2.05, 4.69) is 0 Å². The molecule has 0 aliphatic carbocycles. The molecule has 0 radical (unpaired) electrons. The van der Waals surface area contributed by atoms with Gasteiger partial charge in [0, 0.05) is 29.4 Å². The maximum Gasteiger partial charge on any atom is 0.271 e. The van der Waals surface area contributed by atoms with E-state index in [1.807, 2.05) is 48.5 Å². The Morgan fingerprint density at radius 3 is 2.27 bits per heavy atom. The first-order valence-corrected chi connectivity index (χ1v) is 14.1. The van der Waals surface area contributed by atoms with Crippen molar-refractivity contribution in [1.82, 2.24) is 14.7 Å². The minimum atomic E-state index is -0.630. The van der Waals surface area contributed by atoms with Crippen molar-refractivity contribution in [2.75, 3.05) is 27.9 Å². The zero-order valence-corrected chi connectivity index (χ0v) is 25.4. The molecule has 0 bridgehead atoms. The molecule has 0 N–H and O–H groups in total. The lowest BCUT2D eigenvalue weighted by atomic mass is 9.93. The molecular formula is C34H29ClN4O5. The number of nitriles is 1. The third-order valence-electron chi connectivity index (χ3n) is 7.39. The number of hydrogen-bond acceptors (Lipinski definition) is 7. The summed E-state index contributed by atoms with van der Waals surface area (Å²) in [6, 6.07) is 22.3. The van der Waals surface area contributed by atoms with Crippen LogP contribution in [0.4, 0.5) is 0 Å². The molecule has 1 aliphatic rings. The van der Waals surface area contributed by atoms with Crippen molar-refractivity contribution in [3.63, 3.8) is 0 Å². The third-order valence-corrected chi connectivity index (χ3v) is 7.68. The molecular weight excluding hydrogens is 580 g/mol. The van der Waals surface area contributed by atoms with Gasteiger partial charge in [-0.2, -0.15) is 10.4 Å². The van der Waals surface area contributed by atoms with E-state index in [1.165, 1.54) is 14.2 Å². The van der Waals surface area contributed by atoms with Crippen LogP contribution < -0.4 is 14.2 Å². The van der Waals surface area contributed by atoms with Crippen molar-refractivity contribution in [2.24, 2.45) is 0 Å². The van der Waals surface area contributed by atoms with E-state index in [1.54, 1.807) is 55.3 Å². The van der Waals surface area contributed by atoms with Gasteiger partial charge in [-0.05, 0) is 73.0 Å². The molecule has 44 heavy (non-hydrogen) atoms. The highest BCUT2D eigenvalue weighted by atomic mass is 35.5. The minimum Gasteiger partial charge on any atom is -0.495 e. The minimum absolute atomic E-state index is 0.0627. The van der Waals surface area contributed by atoms with Gasteiger partial charge in [-0.3, -0.25) is 14.5 Å². The van der Waals surface area contributed by atoms with E-state index in [4.69, 9.17) is 30.9 Å². The van der Waals surface area contributed by atoms with Crippen LogP contribution in [0.15, 0.2) is 89.6 Å². The summed E-state index contributed by atoms with van der Waals surface area (Å²) < 4.78 is 17.7. The van der Waals surface area contributed by atoms with Crippen LogP contribution in [0.3, 0.4) is 0 Å². The summed E-state index contributed by atoms with van der Waals surface area (Å²) in [5.74, 6) is 0.494. The number of aromatic nitrogens is 2. The monoisotopic (exact) mass is 608 g/mol. The van der Waals surface area contributed by atoms with Crippen molar-refractivity contribution in [2.45, 2.75) is 13.3 Å². The second-order valence-electron chi connectivity index (χ2n) is 9.93. The Balaban J connectivity index is 1.57. The van der Waals surface area contributed by atoms with E-state index < -0.39 is 11.8 Å². The highest BCUT2D eigenvalue weighted by Gasteiger charge is 2.35. The van der Waals surface area contributed by atoms with Crippen molar-refractivity contribution in [3.05, 3.63) is 106 Å². The van der Waals surface area contributed by atoms with Gasteiger partial charge < -0.3 is 14.2 Å². The van der Waals surface area contributed by atoms with Gasteiger partial charge in [-0.1, -0.05) is 35.9 Å². The quantitative estimate of drug-likeness (QED) is 0.168. The first-order chi connectivity index (χ1) is 21.3. The average Bonchev–Trinajstić information content (AvgIpc) is 3.47. The lowest BCUT2D eigenvalue weighted by molar-refractivity contribution is -0.140. The average molecular weight is 609 g/mol. The normalized spacial score (nSPS) is 14.2. The van der Waals surface area contributed by atoms with Crippen LogP contribution in [0.2, 0.25) is 5.02 Å². The molecule has 5 rings (SSSR count). The highest BCUT2D eigenvalue weighted by molar-refractivity contribution is 6.32. The summed E-state index contributed by atoms with van der Waals surface area (Å²) in [5, 5.41) is 15.2. The van der Waals surface area contributed by atoms with E-state index in [9.17, 15) is 14.9 Å². The van der Waals surface area contributed by atoms with Crippen molar-refractivity contribution >= 4 is 29.5 Å². The number of imide groups is 1. The topological polar surface area (TPSA) is 107 Å². The predicted octanol–water partition coefficient (Wildman–Crippen LogP) is 6.05. The Hall–Kier alpha value is -5.33. The van der Waals surface area contributed by atoms with Crippen molar-refractivity contribution < 1.29 is 23.8 Å². The summed E-state index contributed by atoms with van der Waals surface area (Å²) in [5.41, 5.74) is 3.93. The lowest BCUT2D eigenvalue weighted by Gasteiger charge is -2.27. The van der Waals surface area contributed by atoms with Crippen LogP contribution in [0.5, 0.6) is 17.2 Å². The van der Waals surface area contributed by atoms with E-state index in [0.717, 1.165) is 16.2 Å². The van der Waals surface area contributed by atoms with Crippen LogP contribution in [-0.2, 0) is 16.0 Å². The number of para-hydroxylation sites is 1. The van der Waals surface area contributed by atoms with Crippen LogP contribution in [0.25, 0.3) is 23.0 Å². The molecule has 0 saturated heterocycles. The van der Waals surface area contributed by atoms with Crippen LogP contribution in [0.1, 0.15) is 18.1 Å². The molecule has 0 unspecified atom stereocenters.